The molecule has 0 aliphatic carbocycles. The highest BCUT2D eigenvalue weighted by molar-refractivity contribution is 6.46. The number of rotatable bonds is 5. The van der Waals surface area contributed by atoms with Crippen molar-refractivity contribution in [2.24, 2.45) is 0 Å². The maximum absolute atomic E-state index is 13.5. The Kier molecular flexibility index (Phi) is 5.53. The van der Waals surface area contributed by atoms with Crippen LogP contribution in [0, 0.1) is 13.8 Å². The molecule has 4 rings (SSSR count). The monoisotopic (exact) mass is 432 g/mol. The van der Waals surface area contributed by atoms with Gasteiger partial charge in [-0.3, -0.25) is 9.59 Å². The van der Waals surface area contributed by atoms with Crippen LogP contribution in [0.1, 0.15) is 16.7 Å². The number of imide groups is 1. The van der Waals surface area contributed by atoms with Gasteiger partial charge >= 0.3 is 0 Å². The molecule has 156 valence electrons. The molecule has 5 nitrogen and oxygen atoms in total. The van der Waals surface area contributed by atoms with Gasteiger partial charge in [-0.15, -0.1) is 0 Å². The van der Waals surface area contributed by atoms with Crippen molar-refractivity contribution in [3.05, 3.63) is 94.1 Å². The first-order chi connectivity index (χ1) is 14.9. The van der Waals surface area contributed by atoms with Gasteiger partial charge in [0.05, 0.1) is 18.4 Å². The molecular weight excluding hydrogens is 412 g/mol. The van der Waals surface area contributed by atoms with Crippen molar-refractivity contribution in [1.82, 2.24) is 0 Å². The van der Waals surface area contributed by atoms with Crippen molar-refractivity contribution < 1.29 is 14.3 Å². The molecule has 31 heavy (non-hydrogen) atoms. The van der Waals surface area contributed by atoms with Gasteiger partial charge in [-0.25, -0.2) is 4.90 Å². The smallest absolute Gasteiger partial charge is 0.282 e. The Hall–Kier alpha value is -3.57. The van der Waals surface area contributed by atoms with Crippen molar-refractivity contribution in [3.8, 4) is 5.75 Å². The minimum absolute atomic E-state index is 0.221. The van der Waals surface area contributed by atoms with E-state index in [1.165, 1.54) is 4.90 Å². The number of nitrogens with one attached hydrogen (secondary N) is 1. The number of nitrogens with zero attached hydrogens (tertiary/aromatic N) is 1. The number of benzene rings is 3. The zero-order chi connectivity index (χ0) is 22.1. The van der Waals surface area contributed by atoms with Gasteiger partial charge in [-0.2, -0.15) is 0 Å². The topological polar surface area (TPSA) is 58.6 Å². The second-order valence-electron chi connectivity index (χ2n) is 7.35. The number of hydrogen-bond acceptors (Lipinski definition) is 4. The number of carbonyl (C=O) groups excluding carboxylic acids is 2. The lowest BCUT2D eigenvalue weighted by Gasteiger charge is -2.18. The van der Waals surface area contributed by atoms with Crippen LogP contribution in [0.25, 0.3) is 5.57 Å². The van der Waals surface area contributed by atoms with Crippen LogP contribution in [-0.2, 0) is 9.59 Å². The Morgan fingerprint density at radius 1 is 0.871 bits per heavy atom. The summed E-state index contributed by atoms with van der Waals surface area (Å²) >= 11 is 6.17. The SMILES string of the molecule is COc1ccc(NC2=C(c3ccc(C)cc3)C(=O)N(c3cc(Cl)ccc3C)C2=O)cc1. The first-order valence-electron chi connectivity index (χ1n) is 9.76. The largest absolute Gasteiger partial charge is 0.497 e. The van der Waals surface area contributed by atoms with Crippen LogP contribution in [0.3, 0.4) is 0 Å². The van der Waals surface area contributed by atoms with Gasteiger partial charge in [-0.1, -0.05) is 47.5 Å². The molecule has 1 N–H and O–H groups in total. The summed E-state index contributed by atoms with van der Waals surface area (Å²) in [5.41, 5.74) is 4.19. The van der Waals surface area contributed by atoms with E-state index in [2.05, 4.69) is 5.32 Å². The maximum Gasteiger partial charge on any atom is 0.282 e. The number of methoxy groups -OCH3 is 1. The minimum atomic E-state index is -0.429. The van der Waals surface area contributed by atoms with Crippen LogP contribution in [0.4, 0.5) is 11.4 Å². The molecule has 0 saturated carbocycles. The fourth-order valence-corrected chi connectivity index (χ4v) is 3.66. The molecule has 3 aromatic carbocycles. The van der Waals surface area contributed by atoms with E-state index in [0.717, 1.165) is 11.1 Å². The van der Waals surface area contributed by atoms with Gasteiger partial charge in [0.15, 0.2) is 0 Å². The van der Waals surface area contributed by atoms with E-state index in [4.69, 9.17) is 16.3 Å². The maximum atomic E-state index is 13.5. The van der Waals surface area contributed by atoms with Crippen LogP contribution in [-0.4, -0.2) is 18.9 Å². The summed E-state index contributed by atoms with van der Waals surface area (Å²) < 4.78 is 5.20. The number of ether oxygens (including phenoxy) is 1. The highest BCUT2D eigenvalue weighted by atomic mass is 35.5. The van der Waals surface area contributed by atoms with Gasteiger partial charge in [-0.05, 0) is 61.4 Å². The van der Waals surface area contributed by atoms with Crippen molar-refractivity contribution in [2.75, 3.05) is 17.3 Å². The Labute approximate surface area is 185 Å². The molecule has 0 spiro atoms. The molecule has 2 amide bonds. The lowest BCUT2D eigenvalue weighted by Crippen LogP contribution is -2.33. The lowest BCUT2D eigenvalue weighted by molar-refractivity contribution is -0.120. The van der Waals surface area contributed by atoms with E-state index in [1.54, 1.807) is 49.6 Å². The van der Waals surface area contributed by atoms with Crippen LogP contribution in [0.5, 0.6) is 5.75 Å². The quantitative estimate of drug-likeness (QED) is 0.551. The Morgan fingerprint density at radius 2 is 1.55 bits per heavy atom. The van der Waals surface area contributed by atoms with E-state index >= 15 is 0 Å². The Morgan fingerprint density at radius 3 is 2.19 bits per heavy atom. The summed E-state index contributed by atoms with van der Waals surface area (Å²) in [4.78, 5) is 28.2. The number of halogens is 1. The minimum Gasteiger partial charge on any atom is -0.497 e. The molecule has 1 aliphatic rings. The second kappa shape index (κ2) is 8.28. The average Bonchev–Trinajstić information content (AvgIpc) is 3.00. The third kappa shape index (κ3) is 3.92. The van der Waals surface area contributed by atoms with Crippen LogP contribution in [0.15, 0.2) is 72.4 Å². The van der Waals surface area contributed by atoms with Crippen molar-refractivity contribution >= 4 is 40.4 Å². The predicted octanol–water partition coefficient (Wildman–Crippen LogP) is 5.36. The van der Waals surface area contributed by atoms with Crippen LogP contribution in [0.2, 0.25) is 5.02 Å². The number of hydrogen-bond donors (Lipinski definition) is 1. The summed E-state index contributed by atoms with van der Waals surface area (Å²) in [7, 11) is 1.59. The molecular formula is C25H21ClN2O3. The average molecular weight is 433 g/mol. The van der Waals surface area contributed by atoms with Gasteiger partial charge in [0.2, 0.25) is 0 Å². The van der Waals surface area contributed by atoms with Gasteiger partial charge < -0.3 is 10.1 Å². The molecule has 1 aliphatic heterocycles. The van der Waals surface area contributed by atoms with Gasteiger partial charge in [0, 0.05) is 10.7 Å². The molecule has 3 aromatic rings. The van der Waals surface area contributed by atoms with E-state index in [-0.39, 0.29) is 5.70 Å². The first-order valence-corrected chi connectivity index (χ1v) is 10.1. The standard InChI is InChI=1S/C25H21ClN2O3/c1-15-4-7-17(8-5-15)22-23(27-19-10-12-20(31-3)13-11-19)25(30)28(24(22)29)21-14-18(26)9-6-16(21)2/h4-14,27H,1-3H3. The molecule has 0 radical (unpaired) electrons. The molecule has 0 bridgehead atoms. The van der Waals surface area contributed by atoms with E-state index < -0.39 is 11.8 Å². The fraction of sp³-hybridized carbons (Fsp3) is 0.120. The lowest BCUT2D eigenvalue weighted by atomic mass is 10.0. The third-order valence-electron chi connectivity index (χ3n) is 5.20. The molecule has 0 fully saturated rings. The van der Waals surface area contributed by atoms with Crippen molar-refractivity contribution in [3.63, 3.8) is 0 Å². The fourth-order valence-electron chi connectivity index (χ4n) is 3.49. The summed E-state index contributed by atoms with van der Waals surface area (Å²) in [6.07, 6.45) is 0. The number of carbonyl (C=O) groups is 2. The van der Waals surface area contributed by atoms with Crippen LogP contribution >= 0.6 is 11.6 Å². The highest BCUT2D eigenvalue weighted by Gasteiger charge is 2.40. The van der Waals surface area contributed by atoms with E-state index in [0.29, 0.717) is 33.3 Å². The van der Waals surface area contributed by atoms with E-state index in [1.807, 2.05) is 38.1 Å². The number of aryl methyl sites for hydroxylation is 2. The van der Waals surface area contributed by atoms with Crippen molar-refractivity contribution in [1.29, 1.82) is 0 Å². The number of amides is 2. The van der Waals surface area contributed by atoms with Crippen LogP contribution < -0.4 is 15.0 Å². The molecule has 0 aromatic heterocycles. The molecule has 6 heteroatoms. The summed E-state index contributed by atoms with van der Waals surface area (Å²) in [5.74, 6) is -0.125. The molecule has 1 heterocycles. The van der Waals surface area contributed by atoms with Crippen molar-refractivity contribution in [2.45, 2.75) is 13.8 Å². The normalized spacial score (nSPS) is 13.7. The Bertz CT molecular complexity index is 1200. The highest BCUT2D eigenvalue weighted by Crippen LogP contribution is 2.36. The number of anilines is 2. The molecule has 0 saturated heterocycles. The first kappa shape index (κ1) is 20.7. The summed E-state index contributed by atoms with van der Waals surface area (Å²) in [5, 5.41) is 3.60. The van der Waals surface area contributed by atoms with E-state index in [9.17, 15) is 9.59 Å². The van der Waals surface area contributed by atoms with Gasteiger partial charge in [0.25, 0.3) is 11.8 Å². The zero-order valence-corrected chi connectivity index (χ0v) is 18.2. The summed E-state index contributed by atoms with van der Waals surface area (Å²) in [6, 6.07) is 19.8. The zero-order valence-electron chi connectivity index (χ0n) is 17.4. The Balaban J connectivity index is 1.82. The second-order valence-corrected chi connectivity index (χ2v) is 7.78. The molecule has 0 atom stereocenters. The predicted molar refractivity (Wildman–Crippen MR) is 123 cm³/mol. The molecule has 0 unspecified atom stereocenters. The van der Waals surface area contributed by atoms with Gasteiger partial charge in [0.1, 0.15) is 11.4 Å². The summed E-state index contributed by atoms with van der Waals surface area (Å²) in [6.45, 7) is 3.81. The third-order valence-corrected chi connectivity index (χ3v) is 5.43.